The molecule has 0 saturated heterocycles. The number of para-hydroxylation sites is 1. The number of hydrogen-bond donors (Lipinski definition) is 0. The van der Waals surface area contributed by atoms with E-state index in [9.17, 15) is 9.59 Å². The van der Waals surface area contributed by atoms with Crippen LogP contribution >= 0.6 is 0 Å². The summed E-state index contributed by atoms with van der Waals surface area (Å²) in [6, 6.07) is 13.7. The van der Waals surface area contributed by atoms with Gasteiger partial charge >= 0.3 is 0 Å². The maximum Gasteiger partial charge on any atom is 0.274 e. The maximum absolute atomic E-state index is 13.5. The molecule has 0 radical (unpaired) electrons. The summed E-state index contributed by atoms with van der Waals surface area (Å²) in [5.74, 6) is -0.182. The van der Waals surface area contributed by atoms with Crippen LogP contribution in [-0.2, 0) is 17.9 Å². The molecule has 0 saturated carbocycles. The standard InChI is InChI=1S/C26H30N6O2/c1-20-16-29-24(17-28-20)26(34)31-15-14-30(19-23-9-5-6-11-27-23)12-7-13-32(21(2)33)25-10-4-3-8-22(25)18-31/h3-6,8-11,16-17H,7,12-15,18-19H2,1-2H3. The largest absolute Gasteiger partial charge is 0.332 e. The number of pyridine rings is 1. The Hall–Kier alpha value is -3.65. The minimum Gasteiger partial charge on any atom is -0.332 e. The molecule has 1 aromatic carbocycles. The first-order valence-corrected chi connectivity index (χ1v) is 11.6. The third kappa shape index (κ3) is 5.82. The lowest BCUT2D eigenvalue weighted by Crippen LogP contribution is -2.39. The number of aromatic nitrogens is 3. The van der Waals surface area contributed by atoms with E-state index >= 15 is 0 Å². The maximum atomic E-state index is 13.5. The third-order valence-electron chi connectivity index (χ3n) is 5.96. The molecule has 4 rings (SSSR count). The highest BCUT2D eigenvalue weighted by Crippen LogP contribution is 2.24. The van der Waals surface area contributed by atoms with E-state index in [0.717, 1.165) is 35.6 Å². The topological polar surface area (TPSA) is 82.5 Å². The average Bonchev–Trinajstić information content (AvgIpc) is 2.88. The molecule has 176 valence electrons. The summed E-state index contributed by atoms with van der Waals surface area (Å²) in [7, 11) is 0. The predicted octanol–water partition coefficient (Wildman–Crippen LogP) is 3.08. The Kier molecular flexibility index (Phi) is 7.59. The number of fused-ring (bicyclic) bond motifs is 1. The molecule has 0 N–H and O–H groups in total. The Morgan fingerprint density at radius 3 is 2.47 bits per heavy atom. The minimum atomic E-state index is -0.172. The van der Waals surface area contributed by atoms with Crippen molar-refractivity contribution >= 4 is 17.5 Å². The van der Waals surface area contributed by atoms with Crippen molar-refractivity contribution in [1.29, 1.82) is 0 Å². The number of anilines is 1. The van der Waals surface area contributed by atoms with Crippen molar-refractivity contribution in [3.05, 3.63) is 83.7 Å². The molecular weight excluding hydrogens is 428 g/mol. The highest BCUT2D eigenvalue weighted by Gasteiger charge is 2.24. The number of hydrogen-bond acceptors (Lipinski definition) is 6. The second kappa shape index (κ2) is 11.0. The van der Waals surface area contributed by atoms with Crippen molar-refractivity contribution < 1.29 is 9.59 Å². The van der Waals surface area contributed by atoms with Gasteiger partial charge in [0.05, 0.1) is 17.6 Å². The highest BCUT2D eigenvalue weighted by atomic mass is 16.2. The zero-order valence-corrected chi connectivity index (χ0v) is 19.7. The normalized spacial score (nSPS) is 15.4. The van der Waals surface area contributed by atoms with Crippen molar-refractivity contribution in [3.63, 3.8) is 0 Å². The zero-order valence-electron chi connectivity index (χ0n) is 19.7. The van der Waals surface area contributed by atoms with Crippen LogP contribution in [0.3, 0.4) is 0 Å². The summed E-state index contributed by atoms with van der Waals surface area (Å²) < 4.78 is 0. The quantitative estimate of drug-likeness (QED) is 0.600. The lowest BCUT2D eigenvalue weighted by atomic mass is 10.1. The van der Waals surface area contributed by atoms with Gasteiger partial charge in [0.15, 0.2) is 0 Å². The number of aryl methyl sites for hydroxylation is 1. The molecule has 0 bridgehead atoms. The molecule has 0 aliphatic carbocycles. The van der Waals surface area contributed by atoms with Gasteiger partial charge in [-0.25, -0.2) is 4.98 Å². The first-order chi connectivity index (χ1) is 16.5. The van der Waals surface area contributed by atoms with Crippen molar-refractivity contribution in [2.45, 2.75) is 33.4 Å². The Bertz CT molecular complexity index is 1120. The van der Waals surface area contributed by atoms with Crippen LogP contribution in [0.4, 0.5) is 5.69 Å². The first kappa shape index (κ1) is 23.5. The van der Waals surface area contributed by atoms with Crippen LogP contribution < -0.4 is 4.90 Å². The predicted molar refractivity (Wildman–Crippen MR) is 130 cm³/mol. The summed E-state index contributed by atoms with van der Waals surface area (Å²) >= 11 is 0. The van der Waals surface area contributed by atoms with Gasteiger partial charge in [0.2, 0.25) is 5.91 Å². The Balaban J connectivity index is 1.66. The molecule has 2 amide bonds. The van der Waals surface area contributed by atoms with Gasteiger partial charge in [-0.1, -0.05) is 24.3 Å². The molecule has 1 aliphatic heterocycles. The Morgan fingerprint density at radius 2 is 1.74 bits per heavy atom. The molecule has 2 aromatic heterocycles. The van der Waals surface area contributed by atoms with Crippen molar-refractivity contribution in [1.82, 2.24) is 24.8 Å². The van der Waals surface area contributed by atoms with E-state index in [1.807, 2.05) is 54.3 Å². The fraction of sp³-hybridized carbons (Fsp3) is 0.346. The molecule has 1 aliphatic rings. The van der Waals surface area contributed by atoms with Crippen molar-refractivity contribution in [2.75, 3.05) is 31.1 Å². The molecule has 3 heterocycles. The fourth-order valence-corrected chi connectivity index (χ4v) is 4.18. The van der Waals surface area contributed by atoms with Crippen LogP contribution in [0.2, 0.25) is 0 Å². The minimum absolute atomic E-state index is 0.00903. The van der Waals surface area contributed by atoms with Gasteiger partial charge in [-0.15, -0.1) is 0 Å². The van der Waals surface area contributed by atoms with Gasteiger partial charge in [-0.05, 0) is 37.1 Å². The monoisotopic (exact) mass is 458 g/mol. The summed E-state index contributed by atoms with van der Waals surface area (Å²) in [5.41, 5.74) is 3.84. The summed E-state index contributed by atoms with van der Waals surface area (Å²) in [6.07, 6.45) is 5.75. The van der Waals surface area contributed by atoms with E-state index < -0.39 is 0 Å². The zero-order chi connectivity index (χ0) is 23.9. The average molecular weight is 459 g/mol. The number of carbonyl (C=O) groups is 2. The molecule has 0 fully saturated rings. The van der Waals surface area contributed by atoms with Gasteiger partial charge in [-0.2, -0.15) is 0 Å². The number of rotatable bonds is 3. The molecule has 8 heteroatoms. The third-order valence-corrected chi connectivity index (χ3v) is 5.96. The van der Waals surface area contributed by atoms with E-state index in [0.29, 0.717) is 38.4 Å². The van der Waals surface area contributed by atoms with E-state index in [2.05, 4.69) is 19.9 Å². The molecule has 0 atom stereocenters. The van der Waals surface area contributed by atoms with Crippen LogP contribution in [0, 0.1) is 6.92 Å². The number of amides is 2. The van der Waals surface area contributed by atoms with E-state index in [-0.39, 0.29) is 11.8 Å². The highest BCUT2D eigenvalue weighted by molar-refractivity contribution is 5.93. The van der Waals surface area contributed by atoms with Crippen LogP contribution in [0.1, 0.15) is 40.8 Å². The van der Waals surface area contributed by atoms with Crippen molar-refractivity contribution in [2.24, 2.45) is 0 Å². The lowest BCUT2D eigenvalue weighted by molar-refractivity contribution is -0.116. The van der Waals surface area contributed by atoms with E-state index in [1.165, 1.54) is 6.20 Å². The number of nitrogens with zero attached hydrogens (tertiary/aromatic N) is 6. The summed E-state index contributed by atoms with van der Waals surface area (Å²) in [5, 5.41) is 0. The summed E-state index contributed by atoms with van der Waals surface area (Å²) in [6.45, 7) is 7.10. The molecular formula is C26H30N6O2. The molecule has 8 nitrogen and oxygen atoms in total. The van der Waals surface area contributed by atoms with E-state index in [1.54, 1.807) is 24.2 Å². The summed E-state index contributed by atoms with van der Waals surface area (Å²) in [4.78, 5) is 45.0. The fourth-order valence-electron chi connectivity index (χ4n) is 4.18. The van der Waals surface area contributed by atoms with Gasteiger partial charge < -0.3 is 9.80 Å². The van der Waals surface area contributed by atoms with Crippen LogP contribution in [0.15, 0.2) is 61.1 Å². The number of benzene rings is 1. The van der Waals surface area contributed by atoms with Crippen LogP contribution in [0.5, 0.6) is 0 Å². The number of carbonyl (C=O) groups excluding carboxylic acids is 2. The SMILES string of the molecule is CC(=O)N1CCCN(Cc2ccccn2)CCN(C(=O)c2cnc(C)cn2)Cc2ccccc21. The molecule has 0 spiro atoms. The van der Waals surface area contributed by atoms with Crippen LogP contribution in [-0.4, -0.2) is 62.7 Å². The van der Waals surface area contributed by atoms with Gasteiger partial charge in [-0.3, -0.25) is 24.5 Å². The Labute approximate surface area is 200 Å². The van der Waals surface area contributed by atoms with Gasteiger partial charge in [0, 0.05) is 64.3 Å². The lowest BCUT2D eigenvalue weighted by Gasteiger charge is -2.27. The first-order valence-electron chi connectivity index (χ1n) is 11.6. The van der Waals surface area contributed by atoms with E-state index in [4.69, 9.17) is 0 Å². The second-order valence-corrected chi connectivity index (χ2v) is 8.52. The van der Waals surface area contributed by atoms with Gasteiger partial charge in [0.25, 0.3) is 5.91 Å². The second-order valence-electron chi connectivity index (χ2n) is 8.52. The van der Waals surface area contributed by atoms with Gasteiger partial charge in [0.1, 0.15) is 5.69 Å². The molecule has 3 aromatic rings. The molecule has 0 unspecified atom stereocenters. The Morgan fingerprint density at radius 1 is 0.912 bits per heavy atom. The smallest absolute Gasteiger partial charge is 0.274 e. The van der Waals surface area contributed by atoms with Crippen molar-refractivity contribution in [3.8, 4) is 0 Å². The molecule has 34 heavy (non-hydrogen) atoms. The van der Waals surface area contributed by atoms with Crippen LogP contribution in [0.25, 0.3) is 0 Å².